The Kier molecular flexibility index (Phi) is 12.6. The second kappa shape index (κ2) is 18.4. The summed E-state index contributed by atoms with van der Waals surface area (Å²) in [6.45, 7) is 11.1. The Hall–Kier alpha value is -5.21. The Morgan fingerprint density at radius 1 is 0.390 bits per heavy atom. The third-order valence-corrected chi connectivity index (χ3v) is 10.7. The second-order valence-electron chi connectivity index (χ2n) is 14.9. The van der Waals surface area contributed by atoms with Gasteiger partial charge in [-0.15, -0.1) is 81.2 Å². The molecule has 0 saturated heterocycles. The molecular formula is C55H41Cl2SiZr-3. The van der Waals surface area contributed by atoms with Crippen LogP contribution in [0.2, 0.25) is 0 Å². The van der Waals surface area contributed by atoms with Gasteiger partial charge in [0.1, 0.15) is 0 Å². The summed E-state index contributed by atoms with van der Waals surface area (Å²) in [7, 11) is 10.3. The zero-order valence-corrected chi connectivity index (χ0v) is 38.0. The number of fused-ring (bicyclic) bond motifs is 6. The van der Waals surface area contributed by atoms with Crippen molar-refractivity contribution in [2.75, 3.05) is 0 Å². The average molecular weight is 892 g/mol. The minimum atomic E-state index is -1.79. The van der Waals surface area contributed by atoms with Gasteiger partial charge in [0, 0.05) is 0 Å². The van der Waals surface area contributed by atoms with Gasteiger partial charge in [0.2, 0.25) is 0 Å². The second-order valence-corrected chi connectivity index (χ2v) is 28.5. The first-order chi connectivity index (χ1) is 28.7. The fraction of sp³-hybridized carbons (Fsp3) is 0.0364. The average Bonchev–Trinajstić information content (AvgIpc) is 3.83. The Morgan fingerprint density at radius 2 is 0.712 bits per heavy atom. The molecule has 11 aromatic rings. The fourth-order valence-corrected chi connectivity index (χ4v) is 8.12. The number of benzene rings is 9. The van der Waals surface area contributed by atoms with Crippen molar-refractivity contribution in [3.8, 4) is 22.3 Å². The van der Waals surface area contributed by atoms with E-state index >= 15 is 0 Å². The van der Waals surface area contributed by atoms with Gasteiger partial charge in [-0.25, -0.2) is 0 Å². The first-order valence-electron chi connectivity index (χ1n) is 19.6. The molecule has 0 nitrogen and oxygen atoms in total. The molecule has 0 aliphatic rings. The molecule has 11 aromatic carbocycles. The van der Waals surface area contributed by atoms with E-state index in [1.165, 1.54) is 98.0 Å². The van der Waals surface area contributed by atoms with Gasteiger partial charge in [-0.1, -0.05) is 128 Å². The molecule has 2 radical (unpaired) electrons. The molecule has 0 aliphatic heterocycles. The van der Waals surface area contributed by atoms with Crippen LogP contribution in [0.15, 0.2) is 200 Å². The van der Waals surface area contributed by atoms with Gasteiger partial charge in [0.15, 0.2) is 0 Å². The van der Waals surface area contributed by atoms with Crippen LogP contribution >= 0.6 is 17.0 Å². The van der Waals surface area contributed by atoms with E-state index in [2.05, 4.69) is 198 Å². The number of aryl methyl sites for hydroxylation is 2. The van der Waals surface area contributed by atoms with Gasteiger partial charge < -0.3 is 0 Å². The van der Waals surface area contributed by atoms with E-state index in [1.807, 2.05) is 30.3 Å². The summed E-state index contributed by atoms with van der Waals surface area (Å²) in [5.41, 5.74) is 8.99. The molecule has 286 valence electrons. The van der Waals surface area contributed by atoms with E-state index in [4.69, 9.17) is 17.0 Å². The molecule has 0 saturated carbocycles. The Bertz CT molecular complexity index is 3050. The third kappa shape index (κ3) is 9.33. The van der Waals surface area contributed by atoms with Crippen molar-refractivity contribution in [1.82, 2.24) is 0 Å². The van der Waals surface area contributed by atoms with Gasteiger partial charge in [0.05, 0.1) is 0 Å². The Labute approximate surface area is 363 Å². The summed E-state index contributed by atoms with van der Waals surface area (Å²) < 4.78 is 0. The quantitative estimate of drug-likeness (QED) is 0.0921. The summed E-state index contributed by atoms with van der Waals surface area (Å²) in [5, 5.41) is 15.8. The van der Waals surface area contributed by atoms with E-state index in [9.17, 15) is 0 Å². The van der Waals surface area contributed by atoms with E-state index in [0.29, 0.717) is 0 Å². The molecule has 0 fully saturated rings. The third-order valence-electron chi connectivity index (χ3n) is 10.7. The summed E-state index contributed by atoms with van der Waals surface area (Å²) in [4.78, 5) is 0. The van der Waals surface area contributed by atoms with Crippen LogP contribution < -0.4 is 0 Å². The van der Waals surface area contributed by atoms with Crippen LogP contribution in [0.4, 0.5) is 0 Å². The number of hydrogen-bond acceptors (Lipinski definition) is 0. The molecule has 0 unspecified atom stereocenters. The topological polar surface area (TPSA) is 0 Å². The van der Waals surface area contributed by atoms with E-state index in [1.54, 1.807) is 0 Å². The van der Waals surface area contributed by atoms with Crippen LogP contribution in [-0.4, -0.2) is 6.88 Å². The molecule has 4 heteroatoms. The molecule has 0 heterocycles. The van der Waals surface area contributed by atoms with E-state index in [0.717, 1.165) is 5.56 Å². The first-order valence-corrected chi connectivity index (χ1v) is 30.2. The van der Waals surface area contributed by atoms with Gasteiger partial charge in [-0.3, -0.25) is 0 Å². The summed E-state index contributed by atoms with van der Waals surface area (Å²) in [6.07, 6.45) is 0. The van der Waals surface area contributed by atoms with Gasteiger partial charge >= 0.3 is 41.9 Å². The molecular weight excluding hydrogens is 851 g/mol. The SMILES string of the molecule is Cc1cc2c(-c3cccc4cc5ccccc5cc34)cccc2[cH-]1.Cc1cc2c(-c3cccc4cc5ccccc5cc34)cccc2[cH-]1.[CH2-]c1ccccc1.[Si]=[Zr]([Cl])[Cl]. The van der Waals surface area contributed by atoms with E-state index in [-0.39, 0.29) is 0 Å². The van der Waals surface area contributed by atoms with Crippen molar-refractivity contribution in [3.05, 3.63) is 224 Å². The predicted molar refractivity (Wildman–Crippen MR) is 258 cm³/mol. The predicted octanol–water partition coefficient (Wildman–Crippen LogP) is 16.5. The maximum absolute atomic E-state index is 5.15. The Balaban J connectivity index is 0.000000131. The van der Waals surface area contributed by atoms with E-state index < -0.39 is 18.0 Å². The van der Waals surface area contributed by atoms with Gasteiger partial charge in [-0.2, -0.15) is 36.8 Å². The summed E-state index contributed by atoms with van der Waals surface area (Å²) >= 11 is -1.79. The maximum atomic E-state index is 5.15. The molecule has 0 N–H and O–H groups in total. The molecule has 0 aliphatic carbocycles. The van der Waals surface area contributed by atoms with Gasteiger partial charge in [0.25, 0.3) is 0 Å². The van der Waals surface area contributed by atoms with Crippen LogP contribution in [0, 0.1) is 20.8 Å². The minimum absolute atomic E-state index is 1.07. The van der Waals surface area contributed by atoms with Crippen molar-refractivity contribution < 1.29 is 18.0 Å². The molecule has 0 aromatic heterocycles. The number of halogens is 2. The fourth-order valence-electron chi connectivity index (χ4n) is 8.12. The molecule has 0 bridgehead atoms. The van der Waals surface area contributed by atoms with Crippen LogP contribution in [-0.2, 0) is 18.0 Å². The molecule has 0 spiro atoms. The molecule has 59 heavy (non-hydrogen) atoms. The van der Waals surface area contributed by atoms with Crippen molar-refractivity contribution in [2.24, 2.45) is 0 Å². The number of hydrogen-bond donors (Lipinski definition) is 0. The Morgan fingerprint density at radius 3 is 1.08 bits per heavy atom. The van der Waals surface area contributed by atoms with Crippen molar-refractivity contribution >= 4 is 88.5 Å². The molecule has 11 rings (SSSR count). The van der Waals surface area contributed by atoms with Crippen LogP contribution in [0.3, 0.4) is 0 Å². The van der Waals surface area contributed by atoms with Crippen LogP contribution in [0.5, 0.6) is 0 Å². The monoisotopic (exact) mass is 889 g/mol. The van der Waals surface area contributed by atoms with Crippen LogP contribution in [0.25, 0.3) is 86.9 Å². The summed E-state index contributed by atoms with van der Waals surface area (Å²) in [6, 6.07) is 71.9. The normalized spacial score (nSPS) is 10.8. The van der Waals surface area contributed by atoms with Crippen molar-refractivity contribution in [1.29, 1.82) is 0 Å². The van der Waals surface area contributed by atoms with Crippen LogP contribution in [0.1, 0.15) is 16.7 Å². The first kappa shape index (κ1) is 40.6. The summed E-state index contributed by atoms with van der Waals surface area (Å²) in [5.74, 6) is 0. The van der Waals surface area contributed by atoms with Gasteiger partial charge in [-0.05, 0) is 78.5 Å². The zero-order valence-electron chi connectivity index (χ0n) is 33.0. The standard InChI is InChI=1S/2C24H17.C7H7.2ClH.Si.Zr/c2*1-16-12-19-8-4-10-21(23(19)13-16)22-11-5-9-20-14-17-6-2-3-7-18(17)15-24(20)22;1-7-5-3-2-4-6-7;;;;/h2*2-15H,1H3;2-6H,1H2;2*1H;;/q3*-1;;;;+2/p-2. The van der Waals surface area contributed by atoms with Crippen molar-refractivity contribution in [3.63, 3.8) is 0 Å². The van der Waals surface area contributed by atoms with Crippen molar-refractivity contribution in [2.45, 2.75) is 13.8 Å². The molecule has 0 amide bonds. The molecule has 0 atom stereocenters. The zero-order chi connectivity index (χ0) is 40.9. The number of rotatable bonds is 2.